The number of benzene rings is 2. The number of hydrogen-bond donors (Lipinski definition) is 2. The van der Waals surface area contributed by atoms with Crippen molar-refractivity contribution in [3.8, 4) is 0 Å². The first-order valence-electron chi connectivity index (χ1n) is 7.82. The molecule has 1 amide bonds. The minimum atomic E-state index is -3.69. The molecule has 0 fully saturated rings. The van der Waals surface area contributed by atoms with E-state index in [4.69, 9.17) is 0 Å². The Morgan fingerprint density at radius 3 is 2.38 bits per heavy atom. The zero-order chi connectivity index (χ0) is 17.7. The highest BCUT2D eigenvalue weighted by molar-refractivity contribution is 7.92. The van der Waals surface area contributed by atoms with Crippen LogP contribution in [0.25, 0.3) is 0 Å². The van der Waals surface area contributed by atoms with Gasteiger partial charge >= 0.3 is 0 Å². The Kier molecular flexibility index (Phi) is 5.62. The van der Waals surface area contributed by atoms with Crippen LogP contribution in [0.5, 0.6) is 0 Å². The van der Waals surface area contributed by atoms with Gasteiger partial charge < -0.3 is 5.32 Å². The summed E-state index contributed by atoms with van der Waals surface area (Å²) in [5.41, 5.74) is 1.85. The van der Waals surface area contributed by atoms with Crippen LogP contribution in [0.4, 0.5) is 5.69 Å². The summed E-state index contributed by atoms with van der Waals surface area (Å²) >= 11 is 0. The lowest BCUT2D eigenvalue weighted by molar-refractivity contribution is 0.0963. The molecular formula is C18H22N2O3S. The predicted octanol–water partition coefficient (Wildman–Crippen LogP) is 3.36. The Hall–Kier alpha value is -2.34. The van der Waals surface area contributed by atoms with Gasteiger partial charge in [-0.25, -0.2) is 8.42 Å². The Balaban J connectivity index is 2.24. The molecule has 5 nitrogen and oxygen atoms in total. The second kappa shape index (κ2) is 7.49. The first-order valence-corrected chi connectivity index (χ1v) is 9.30. The monoisotopic (exact) mass is 346 g/mol. The van der Waals surface area contributed by atoms with Gasteiger partial charge in [-0.2, -0.15) is 0 Å². The van der Waals surface area contributed by atoms with Crippen LogP contribution in [0.1, 0.15) is 42.1 Å². The molecule has 0 aliphatic carbocycles. The maximum absolute atomic E-state index is 12.5. The third-order valence-corrected chi connectivity index (χ3v) is 5.37. The van der Waals surface area contributed by atoms with Crippen molar-refractivity contribution in [3.63, 3.8) is 0 Å². The summed E-state index contributed by atoms with van der Waals surface area (Å²) in [5.74, 6) is 0.118. The summed E-state index contributed by atoms with van der Waals surface area (Å²) in [6, 6.07) is 13.2. The van der Waals surface area contributed by atoms with Crippen LogP contribution in [-0.4, -0.2) is 21.4 Å². The second-order valence-corrected chi connectivity index (χ2v) is 7.33. The maximum atomic E-state index is 12.5. The number of sulfonamides is 1. The van der Waals surface area contributed by atoms with Gasteiger partial charge in [-0.3, -0.25) is 9.52 Å². The van der Waals surface area contributed by atoms with E-state index in [1.165, 1.54) is 13.1 Å². The first kappa shape index (κ1) is 18.0. The molecule has 24 heavy (non-hydrogen) atoms. The lowest BCUT2D eigenvalue weighted by Crippen LogP contribution is -2.18. The Bertz CT molecular complexity index is 814. The third kappa shape index (κ3) is 4.14. The average molecular weight is 346 g/mol. The minimum absolute atomic E-state index is 0.194. The fraction of sp³-hybridized carbons (Fsp3) is 0.278. The van der Waals surface area contributed by atoms with E-state index >= 15 is 0 Å². The maximum Gasteiger partial charge on any atom is 0.261 e. The largest absolute Gasteiger partial charge is 0.355 e. The minimum Gasteiger partial charge on any atom is -0.355 e. The number of hydrogen-bond acceptors (Lipinski definition) is 3. The number of nitrogens with one attached hydrogen (secondary N) is 2. The highest BCUT2D eigenvalue weighted by Crippen LogP contribution is 2.22. The van der Waals surface area contributed by atoms with Gasteiger partial charge in [0.2, 0.25) is 0 Å². The number of carbonyl (C=O) groups excluding carboxylic acids is 1. The fourth-order valence-electron chi connectivity index (χ4n) is 2.29. The van der Waals surface area contributed by atoms with E-state index in [1.54, 1.807) is 30.3 Å². The molecule has 0 aliphatic heterocycles. The van der Waals surface area contributed by atoms with Crippen molar-refractivity contribution >= 4 is 21.6 Å². The van der Waals surface area contributed by atoms with Gasteiger partial charge in [-0.15, -0.1) is 0 Å². The van der Waals surface area contributed by atoms with Crippen LogP contribution in [0.15, 0.2) is 53.4 Å². The lowest BCUT2D eigenvalue weighted by Gasteiger charge is -2.12. The van der Waals surface area contributed by atoms with Crippen molar-refractivity contribution in [2.45, 2.75) is 31.1 Å². The molecular weight excluding hydrogens is 324 g/mol. The number of rotatable bonds is 6. The first-order chi connectivity index (χ1) is 11.4. The van der Waals surface area contributed by atoms with E-state index in [0.717, 1.165) is 12.0 Å². The SMILES string of the molecule is CCC(C)c1ccc(S(=O)(=O)Nc2cccc(C(=O)NC)c2)cc1. The average Bonchev–Trinajstić information content (AvgIpc) is 2.60. The van der Waals surface area contributed by atoms with Crippen molar-refractivity contribution in [1.29, 1.82) is 0 Å². The lowest BCUT2D eigenvalue weighted by atomic mass is 9.99. The van der Waals surface area contributed by atoms with Gasteiger partial charge in [-0.1, -0.05) is 32.0 Å². The molecule has 2 aromatic rings. The molecule has 2 N–H and O–H groups in total. The molecule has 0 saturated carbocycles. The quantitative estimate of drug-likeness (QED) is 0.842. The summed E-state index contributed by atoms with van der Waals surface area (Å²) in [5, 5.41) is 2.51. The van der Waals surface area contributed by atoms with E-state index in [0.29, 0.717) is 17.2 Å². The van der Waals surface area contributed by atoms with Gasteiger partial charge in [0.25, 0.3) is 15.9 Å². The summed E-state index contributed by atoms with van der Waals surface area (Å²) < 4.78 is 27.5. The molecule has 0 spiro atoms. The van der Waals surface area contributed by atoms with Gasteiger partial charge in [-0.05, 0) is 48.2 Å². The van der Waals surface area contributed by atoms with Crippen molar-refractivity contribution in [1.82, 2.24) is 5.32 Å². The number of anilines is 1. The summed E-state index contributed by atoms with van der Waals surface area (Å²) in [6.45, 7) is 4.20. The molecule has 6 heteroatoms. The van der Waals surface area contributed by atoms with E-state index in [2.05, 4.69) is 23.9 Å². The van der Waals surface area contributed by atoms with E-state index in [-0.39, 0.29) is 10.8 Å². The predicted molar refractivity (Wildman–Crippen MR) is 95.8 cm³/mol. The second-order valence-electron chi connectivity index (χ2n) is 5.64. The summed E-state index contributed by atoms with van der Waals surface area (Å²) in [7, 11) is -2.17. The number of carbonyl (C=O) groups is 1. The molecule has 0 heterocycles. The summed E-state index contributed by atoms with van der Waals surface area (Å²) in [6.07, 6.45) is 0.997. The zero-order valence-electron chi connectivity index (χ0n) is 14.0. The molecule has 1 unspecified atom stereocenters. The fourth-order valence-corrected chi connectivity index (χ4v) is 3.34. The van der Waals surface area contributed by atoms with Crippen LogP contribution in [-0.2, 0) is 10.0 Å². The van der Waals surface area contributed by atoms with Crippen LogP contribution in [0, 0.1) is 0 Å². The van der Waals surface area contributed by atoms with Crippen LogP contribution < -0.4 is 10.0 Å². The molecule has 0 saturated heterocycles. The molecule has 0 radical (unpaired) electrons. The Morgan fingerprint density at radius 1 is 1.12 bits per heavy atom. The topological polar surface area (TPSA) is 75.3 Å². The van der Waals surface area contributed by atoms with E-state index in [1.807, 2.05) is 12.1 Å². The van der Waals surface area contributed by atoms with Crippen LogP contribution >= 0.6 is 0 Å². The van der Waals surface area contributed by atoms with Gasteiger partial charge in [0, 0.05) is 18.3 Å². The van der Waals surface area contributed by atoms with E-state index < -0.39 is 10.0 Å². The molecule has 0 aliphatic rings. The highest BCUT2D eigenvalue weighted by Gasteiger charge is 2.15. The normalized spacial score (nSPS) is 12.5. The Labute approximate surface area is 143 Å². The highest BCUT2D eigenvalue weighted by atomic mass is 32.2. The number of amides is 1. The van der Waals surface area contributed by atoms with Gasteiger partial charge in [0.1, 0.15) is 0 Å². The van der Waals surface area contributed by atoms with Crippen LogP contribution in [0.3, 0.4) is 0 Å². The molecule has 1 atom stereocenters. The standard InChI is InChI=1S/C18H22N2O3S/c1-4-13(2)14-8-10-17(11-9-14)24(22,23)20-16-7-5-6-15(12-16)18(21)19-3/h5-13,20H,4H2,1-3H3,(H,19,21). The van der Waals surface area contributed by atoms with E-state index in [9.17, 15) is 13.2 Å². The smallest absolute Gasteiger partial charge is 0.261 e. The van der Waals surface area contributed by atoms with Crippen molar-refractivity contribution in [3.05, 3.63) is 59.7 Å². The molecule has 0 aromatic heterocycles. The van der Waals surface area contributed by atoms with Gasteiger partial charge in [0.15, 0.2) is 0 Å². The van der Waals surface area contributed by atoms with Gasteiger partial charge in [0.05, 0.1) is 4.90 Å². The third-order valence-electron chi connectivity index (χ3n) is 3.98. The Morgan fingerprint density at radius 2 is 1.79 bits per heavy atom. The van der Waals surface area contributed by atoms with Crippen LogP contribution in [0.2, 0.25) is 0 Å². The van der Waals surface area contributed by atoms with Crippen molar-refractivity contribution < 1.29 is 13.2 Å². The molecule has 2 rings (SSSR count). The van der Waals surface area contributed by atoms with Crippen molar-refractivity contribution in [2.24, 2.45) is 0 Å². The molecule has 0 bridgehead atoms. The molecule has 128 valence electrons. The van der Waals surface area contributed by atoms with Crippen molar-refractivity contribution in [2.75, 3.05) is 11.8 Å². The molecule has 2 aromatic carbocycles. The zero-order valence-corrected chi connectivity index (χ0v) is 14.9. The summed E-state index contributed by atoms with van der Waals surface area (Å²) in [4.78, 5) is 11.8.